The molecule has 1 heterocycles. The second-order valence-electron chi connectivity index (χ2n) is 5.42. The number of amides is 3. The van der Waals surface area contributed by atoms with Gasteiger partial charge in [0.25, 0.3) is 17.1 Å². The second-order valence-corrected chi connectivity index (χ2v) is 6.82. The van der Waals surface area contributed by atoms with Crippen molar-refractivity contribution >= 4 is 52.5 Å². The van der Waals surface area contributed by atoms with Crippen LogP contribution in [-0.2, 0) is 19.1 Å². The lowest BCUT2D eigenvalue weighted by Crippen LogP contribution is -2.42. The second kappa shape index (κ2) is 8.92. The van der Waals surface area contributed by atoms with Crippen LogP contribution in [0.2, 0.25) is 5.02 Å². The molecule has 0 saturated carbocycles. The Hall–Kier alpha value is -2.52. The Bertz CT molecular complexity index is 826. The van der Waals surface area contributed by atoms with Gasteiger partial charge in [-0.2, -0.15) is 0 Å². The molecule has 27 heavy (non-hydrogen) atoms. The summed E-state index contributed by atoms with van der Waals surface area (Å²) in [7, 11) is 0. The Labute approximate surface area is 164 Å². The number of hydrogen-bond donors (Lipinski definition) is 1. The number of benzene rings is 1. The van der Waals surface area contributed by atoms with E-state index >= 15 is 0 Å². The first kappa shape index (κ1) is 20.8. The van der Waals surface area contributed by atoms with Gasteiger partial charge in [0.2, 0.25) is 0 Å². The normalized spacial score (nSPS) is 16.6. The van der Waals surface area contributed by atoms with Crippen LogP contribution in [0, 0.1) is 0 Å². The fourth-order valence-corrected chi connectivity index (χ4v) is 3.36. The number of carbonyl (C=O) groups is 4. The average molecular weight is 413 g/mol. The van der Waals surface area contributed by atoms with Crippen LogP contribution >= 0.6 is 23.4 Å². The Balaban J connectivity index is 2.18. The molecule has 1 atom stereocenters. The van der Waals surface area contributed by atoms with E-state index in [1.807, 2.05) is 0 Å². The highest BCUT2D eigenvalue weighted by Crippen LogP contribution is 2.35. The van der Waals surface area contributed by atoms with Gasteiger partial charge in [0.15, 0.2) is 6.61 Å². The highest BCUT2D eigenvalue weighted by Gasteiger charge is 2.41. The summed E-state index contributed by atoms with van der Waals surface area (Å²) in [4.78, 5) is 48.2. The van der Waals surface area contributed by atoms with E-state index in [0.717, 1.165) is 16.7 Å². The number of primary amides is 1. The van der Waals surface area contributed by atoms with E-state index in [1.165, 1.54) is 25.1 Å². The molecule has 0 spiro atoms. The lowest BCUT2D eigenvalue weighted by molar-refractivity contribution is -0.150. The van der Waals surface area contributed by atoms with Crippen molar-refractivity contribution in [1.82, 2.24) is 4.90 Å². The summed E-state index contributed by atoms with van der Waals surface area (Å²) >= 11 is 6.80. The van der Waals surface area contributed by atoms with Gasteiger partial charge >= 0.3 is 5.97 Å². The number of imide groups is 1. The van der Waals surface area contributed by atoms with Crippen LogP contribution in [0.5, 0.6) is 5.75 Å². The van der Waals surface area contributed by atoms with Gasteiger partial charge in [-0.15, -0.1) is 0 Å². The number of thioether (sulfide) groups is 1. The van der Waals surface area contributed by atoms with Crippen LogP contribution in [-0.4, -0.2) is 47.2 Å². The molecular weight excluding hydrogens is 396 g/mol. The van der Waals surface area contributed by atoms with E-state index in [4.69, 9.17) is 26.8 Å². The zero-order valence-electron chi connectivity index (χ0n) is 14.6. The maximum atomic E-state index is 12.5. The van der Waals surface area contributed by atoms with Crippen LogP contribution in [0.15, 0.2) is 23.1 Å². The van der Waals surface area contributed by atoms with Crippen molar-refractivity contribution in [3.8, 4) is 5.75 Å². The van der Waals surface area contributed by atoms with Gasteiger partial charge in [-0.3, -0.25) is 19.3 Å². The molecule has 1 aliphatic heterocycles. The minimum Gasteiger partial charge on any atom is -0.482 e. The van der Waals surface area contributed by atoms with Gasteiger partial charge < -0.3 is 15.2 Å². The van der Waals surface area contributed by atoms with E-state index in [0.29, 0.717) is 5.56 Å². The van der Waals surface area contributed by atoms with Crippen molar-refractivity contribution in [3.05, 3.63) is 33.7 Å². The molecule has 10 heteroatoms. The van der Waals surface area contributed by atoms with E-state index in [9.17, 15) is 19.2 Å². The summed E-state index contributed by atoms with van der Waals surface area (Å²) in [6.45, 7) is 2.90. The fourth-order valence-electron chi connectivity index (χ4n) is 2.21. The highest BCUT2D eigenvalue weighted by molar-refractivity contribution is 8.18. The first-order valence-corrected chi connectivity index (χ1v) is 9.08. The Kier molecular flexibility index (Phi) is 6.86. The molecule has 0 aromatic heterocycles. The third-order valence-electron chi connectivity index (χ3n) is 3.46. The topological polar surface area (TPSA) is 116 Å². The standard InChI is InChI=1S/C17H17ClN2O6S/c1-3-25-16(23)9(2)20-15(22)13(27-17(20)24)7-10-4-5-12(11(18)6-10)26-8-14(19)21/h4-7,9H,3,8H2,1-2H3,(H2,19,21). The van der Waals surface area contributed by atoms with E-state index in [1.54, 1.807) is 13.0 Å². The van der Waals surface area contributed by atoms with Crippen LogP contribution in [0.25, 0.3) is 6.08 Å². The molecule has 1 aromatic rings. The van der Waals surface area contributed by atoms with Crippen molar-refractivity contribution < 1.29 is 28.7 Å². The number of nitrogens with two attached hydrogens (primary N) is 1. The maximum absolute atomic E-state index is 12.5. The predicted molar refractivity (Wildman–Crippen MR) is 100 cm³/mol. The Morgan fingerprint density at radius 2 is 2.07 bits per heavy atom. The molecule has 3 amide bonds. The largest absolute Gasteiger partial charge is 0.482 e. The quantitative estimate of drug-likeness (QED) is 0.539. The number of ether oxygens (including phenoxy) is 2. The summed E-state index contributed by atoms with van der Waals surface area (Å²) < 4.78 is 10.0. The molecule has 0 aliphatic carbocycles. The van der Waals surface area contributed by atoms with Crippen molar-refractivity contribution in [1.29, 1.82) is 0 Å². The van der Waals surface area contributed by atoms with E-state index in [2.05, 4.69) is 0 Å². The van der Waals surface area contributed by atoms with Gasteiger partial charge in [-0.1, -0.05) is 17.7 Å². The van der Waals surface area contributed by atoms with E-state index < -0.39 is 29.1 Å². The van der Waals surface area contributed by atoms with Crippen molar-refractivity contribution in [3.63, 3.8) is 0 Å². The highest BCUT2D eigenvalue weighted by atomic mass is 35.5. The molecule has 2 rings (SSSR count). The molecule has 1 saturated heterocycles. The number of esters is 1. The molecule has 144 valence electrons. The summed E-state index contributed by atoms with van der Waals surface area (Å²) in [6.07, 6.45) is 1.48. The molecule has 1 unspecified atom stereocenters. The molecule has 8 nitrogen and oxygen atoms in total. The van der Waals surface area contributed by atoms with Crippen LogP contribution in [0.1, 0.15) is 19.4 Å². The number of rotatable bonds is 7. The molecule has 1 aromatic carbocycles. The summed E-state index contributed by atoms with van der Waals surface area (Å²) in [6, 6.07) is 3.62. The van der Waals surface area contributed by atoms with Gasteiger partial charge in [0, 0.05) is 0 Å². The monoisotopic (exact) mass is 412 g/mol. The third kappa shape index (κ3) is 5.01. The number of halogens is 1. The number of nitrogens with zero attached hydrogens (tertiary/aromatic N) is 1. The lowest BCUT2D eigenvalue weighted by atomic mass is 10.2. The summed E-state index contributed by atoms with van der Waals surface area (Å²) in [5.41, 5.74) is 5.55. The van der Waals surface area contributed by atoms with Crippen molar-refractivity contribution in [2.24, 2.45) is 5.73 Å². The van der Waals surface area contributed by atoms with Crippen LogP contribution < -0.4 is 10.5 Å². The maximum Gasteiger partial charge on any atom is 0.329 e. The van der Waals surface area contributed by atoms with Gasteiger partial charge in [0.1, 0.15) is 11.8 Å². The van der Waals surface area contributed by atoms with Gasteiger partial charge in [0.05, 0.1) is 16.5 Å². The average Bonchev–Trinajstić information content (AvgIpc) is 2.87. The first-order chi connectivity index (χ1) is 12.7. The molecular formula is C17H17ClN2O6S. The number of carbonyl (C=O) groups excluding carboxylic acids is 4. The Morgan fingerprint density at radius 1 is 1.37 bits per heavy atom. The third-order valence-corrected chi connectivity index (χ3v) is 4.64. The minimum absolute atomic E-state index is 0.151. The first-order valence-electron chi connectivity index (χ1n) is 7.89. The Morgan fingerprint density at radius 3 is 2.67 bits per heavy atom. The smallest absolute Gasteiger partial charge is 0.329 e. The SMILES string of the molecule is CCOC(=O)C(C)N1C(=O)SC(=Cc2ccc(OCC(N)=O)c(Cl)c2)C1=O. The van der Waals surface area contributed by atoms with Crippen LogP contribution in [0.4, 0.5) is 4.79 Å². The summed E-state index contributed by atoms with van der Waals surface area (Å²) in [5.74, 6) is -1.62. The molecule has 2 N–H and O–H groups in total. The molecule has 0 radical (unpaired) electrons. The number of hydrogen-bond acceptors (Lipinski definition) is 7. The van der Waals surface area contributed by atoms with Crippen molar-refractivity contribution in [2.75, 3.05) is 13.2 Å². The zero-order chi connectivity index (χ0) is 20.1. The van der Waals surface area contributed by atoms with Crippen molar-refractivity contribution in [2.45, 2.75) is 19.9 Å². The fraction of sp³-hybridized carbons (Fsp3) is 0.294. The zero-order valence-corrected chi connectivity index (χ0v) is 16.1. The molecule has 0 bridgehead atoms. The summed E-state index contributed by atoms with van der Waals surface area (Å²) in [5, 5.41) is -0.344. The van der Waals surface area contributed by atoms with Gasteiger partial charge in [-0.05, 0) is 49.4 Å². The molecule has 1 aliphatic rings. The van der Waals surface area contributed by atoms with Crippen LogP contribution in [0.3, 0.4) is 0 Å². The lowest BCUT2D eigenvalue weighted by Gasteiger charge is -2.19. The predicted octanol–water partition coefficient (Wildman–Crippen LogP) is 2.19. The minimum atomic E-state index is -1.02. The van der Waals surface area contributed by atoms with Gasteiger partial charge in [-0.25, -0.2) is 4.79 Å². The molecule has 1 fully saturated rings. The van der Waals surface area contributed by atoms with E-state index in [-0.39, 0.29) is 28.9 Å².